The van der Waals surface area contributed by atoms with Gasteiger partial charge >= 0.3 is 0 Å². The zero-order chi connectivity index (χ0) is 16.8. The Morgan fingerprint density at radius 2 is 1.61 bits per heavy atom. The Labute approximate surface area is 136 Å². The molecule has 0 aliphatic heterocycles. The fourth-order valence-corrected chi connectivity index (χ4v) is 2.07. The number of hydrogen-bond acceptors (Lipinski definition) is 2. The summed E-state index contributed by atoms with van der Waals surface area (Å²) in [6.45, 7) is 4.28. The number of primary amides is 1. The largest absolute Gasteiger partial charge is 0.366 e. The first-order valence-corrected chi connectivity index (χ1v) is 7.44. The van der Waals surface area contributed by atoms with Gasteiger partial charge in [-0.3, -0.25) is 9.59 Å². The first kappa shape index (κ1) is 16.5. The van der Waals surface area contributed by atoms with Gasteiger partial charge in [-0.05, 0) is 47.4 Å². The molecular formula is C19H20N2O2. The van der Waals surface area contributed by atoms with Crippen molar-refractivity contribution in [2.75, 3.05) is 5.32 Å². The Bertz CT molecular complexity index is 714. The number of hydrogen-bond donors (Lipinski definition) is 2. The number of amides is 2. The molecule has 2 aromatic rings. The molecule has 0 bridgehead atoms. The van der Waals surface area contributed by atoms with E-state index in [1.54, 1.807) is 30.3 Å². The molecular weight excluding hydrogens is 288 g/mol. The molecule has 118 valence electrons. The average Bonchev–Trinajstić information content (AvgIpc) is 2.54. The van der Waals surface area contributed by atoms with Gasteiger partial charge in [0.25, 0.3) is 0 Å². The van der Waals surface area contributed by atoms with Gasteiger partial charge in [0, 0.05) is 17.3 Å². The van der Waals surface area contributed by atoms with Crippen LogP contribution in [0.25, 0.3) is 6.08 Å². The van der Waals surface area contributed by atoms with Gasteiger partial charge < -0.3 is 11.1 Å². The first-order chi connectivity index (χ1) is 11.0. The molecule has 2 amide bonds. The summed E-state index contributed by atoms with van der Waals surface area (Å²) in [5, 5.41) is 2.73. The third-order valence-electron chi connectivity index (χ3n) is 3.47. The molecule has 0 saturated heterocycles. The number of carbonyl (C=O) groups is 2. The maximum absolute atomic E-state index is 11.9. The van der Waals surface area contributed by atoms with E-state index >= 15 is 0 Å². The Kier molecular flexibility index (Phi) is 5.31. The Hall–Kier alpha value is -2.88. The molecule has 0 aliphatic carbocycles. The highest BCUT2D eigenvalue weighted by molar-refractivity contribution is 6.02. The first-order valence-electron chi connectivity index (χ1n) is 7.44. The van der Waals surface area contributed by atoms with Crippen molar-refractivity contribution in [2.45, 2.75) is 19.8 Å². The van der Waals surface area contributed by atoms with Gasteiger partial charge in [0.2, 0.25) is 11.8 Å². The van der Waals surface area contributed by atoms with Crippen LogP contribution in [-0.2, 0) is 4.79 Å². The predicted molar refractivity (Wildman–Crippen MR) is 93.2 cm³/mol. The van der Waals surface area contributed by atoms with Gasteiger partial charge in [-0.1, -0.05) is 38.1 Å². The van der Waals surface area contributed by atoms with Crippen LogP contribution >= 0.6 is 0 Å². The minimum atomic E-state index is -0.493. The molecule has 2 rings (SSSR count). The summed E-state index contributed by atoms with van der Waals surface area (Å²) < 4.78 is 0. The lowest BCUT2D eigenvalue weighted by molar-refractivity contribution is -0.111. The van der Waals surface area contributed by atoms with E-state index in [1.165, 1.54) is 11.6 Å². The SMILES string of the molecule is CC(C)c1ccc(/C=C\C(=O)Nc2ccc(C(N)=O)cc2)cc1. The van der Waals surface area contributed by atoms with Gasteiger partial charge in [0.05, 0.1) is 0 Å². The van der Waals surface area contributed by atoms with E-state index in [0.29, 0.717) is 17.2 Å². The number of nitrogens with two attached hydrogens (primary N) is 1. The van der Waals surface area contributed by atoms with Crippen LogP contribution in [-0.4, -0.2) is 11.8 Å². The van der Waals surface area contributed by atoms with Crippen molar-refractivity contribution < 1.29 is 9.59 Å². The highest BCUT2D eigenvalue weighted by atomic mass is 16.1. The number of anilines is 1. The van der Waals surface area contributed by atoms with Crippen molar-refractivity contribution in [2.24, 2.45) is 5.73 Å². The topological polar surface area (TPSA) is 72.2 Å². The molecule has 3 N–H and O–H groups in total. The third-order valence-corrected chi connectivity index (χ3v) is 3.47. The van der Waals surface area contributed by atoms with Crippen molar-refractivity contribution in [3.8, 4) is 0 Å². The normalized spacial score (nSPS) is 10.9. The second-order valence-electron chi connectivity index (χ2n) is 5.59. The van der Waals surface area contributed by atoms with Crippen LogP contribution in [0.1, 0.15) is 41.3 Å². The van der Waals surface area contributed by atoms with Crippen molar-refractivity contribution in [3.63, 3.8) is 0 Å². The van der Waals surface area contributed by atoms with Gasteiger partial charge in [-0.25, -0.2) is 0 Å². The van der Waals surface area contributed by atoms with Crippen molar-refractivity contribution in [1.29, 1.82) is 0 Å². The van der Waals surface area contributed by atoms with Gasteiger partial charge in [0.1, 0.15) is 0 Å². The second kappa shape index (κ2) is 7.40. The summed E-state index contributed by atoms with van der Waals surface area (Å²) in [6.07, 6.45) is 3.24. The lowest BCUT2D eigenvalue weighted by Crippen LogP contribution is -2.11. The number of benzene rings is 2. The van der Waals surface area contributed by atoms with Crippen LogP contribution in [0.5, 0.6) is 0 Å². The van der Waals surface area contributed by atoms with E-state index in [2.05, 4.69) is 31.3 Å². The summed E-state index contributed by atoms with van der Waals surface area (Å²) >= 11 is 0. The van der Waals surface area contributed by atoms with Crippen LogP contribution in [0, 0.1) is 0 Å². The predicted octanol–water partition coefficient (Wildman–Crippen LogP) is 3.56. The van der Waals surface area contributed by atoms with Gasteiger partial charge in [-0.15, -0.1) is 0 Å². The molecule has 0 atom stereocenters. The maximum Gasteiger partial charge on any atom is 0.248 e. The molecule has 2 aromatic carbocycles. The number of nitrogens with one attached hydrogen (secondary N) is 1. The molecule has 0 saturated carbocycles. The minimum Gasteiger partial charge on any atom is -0.366 e. The van der Waals surface area contributed by atoms with E-state index in [4.69, 9.17) is 5.73 Å². The lowest BCUT2D eigenvalue weighted by atomic mass is 10.0. The van der Waals surface area contributed by atoms with Crippen LogP contribution < -0.4 is 11.1 Å². The average molecular weight is 308 g/mol. The number of rotatable bonds is 5. The molecule has 0 radical (unpaired) electrons. The van der Waals surface area contributed by atoms with E-state index < -0.39 is 5.91 Å². The smallest absolute Gasteiger partial charge is 0.248 e. The maximum atomic E-state index is 11.9. The summed E-state index contributed by atoms with van der Waals surface area (Å²) in [6, 6.07) is 14.5. The standard InChI is InChI=1S/C19H20N2O2/c1-13(2)15-6-3-14(4-7-15)5-12-18(22)21-17-10-8-16(9-11-17)19(20)23/h3-13H,1-2H3,(H2,20,23)(H,21,22)/b12-5-. The van der Waals surface area contributed by atoms with Crippen LogP contribution in [0.4, 0.5) is 5.69 Å². The highest BCUT2D eigenvalue weighted by Gasteiger charge is 2.02. The van der Waals surface area contributed by atoms with E-state index in [1.807, 2.05) is 12.1 Å². The third kappa shape index (κ3) is 4.81. The van der Waals surface area contributed by atoms with Crippen LogP contribution in [0.15, 0.2) is 54.6 Å². The molecule has 0 heterocycles. The molecule has 4 nitrogen and oxygen atoms in total. The highest BCUT2D eigenvalue weighted by Crippen LogP contribution is 2.15. The molecule has 0 aliphatic rings. The van der Waals surface area contributed by atoms with Crippen LogP contribution in [0.2, 0.25) is 0 Å². The Balaban J connectivity index is 1.97. The van der Waals surface area contributed by atoms with E-state index in [-0.39, 0.29) is 5.91 Å². The quantitative estimate of drug-likeness (QED) is 0.829. The second-order valence-corrected chi connectivity index (χ2v) is 5.59. The van der Waals surface area contributed by atoms with Crippen LogP contribution in [0.3, 0.4) is 0 Å². The fraction of sp³-hybridized carbons (Fsp3) is 0.158. The summed E-state index contributed by atoms with van der Waals surface area (Å²) in [5.41, 5.74) is 8.42. The van der Waals surface area contributed by atoms with Gasteiger partial charge in [0.15, 0.2) is 0 Å². The summed E-state index contributed by atoms with van der Waals surface area (Å²) in [5.74, 6) is -0.239. The molecule has 4 heteroatoms. The van der Waals surface area contributed by atoms with Crippen molar-refractivity contribution >= 4 is 23.6 Å². The fourth-order valence-electron chi connectivity index (χ4n) is 2.07. The minimum absolute atomic E-state index is 0.232. The Morgan fingerprint density at radius 1 is 1.00 bits per heavy atom. The van der Waals surface area contributed by atoms with E-state index in [9.17, 15) is 9.59 Å². The summed E-state index contributed by atoms with van der Waals surface area (Å²) in [7, 11) is 0. The van der Waals surface area contributed by atoms with E-state index in [0.717, 1.165) is 5.56 Å². The van der Waals surface area contributed by atoms with Crippen molar-refractivity contribution in [1.82, 2.24) is 0 Å². The molecule has 0 spiro atoms. The monoisotopic (exact) mass is 308 g/mol. The zero-order valence-corrected chi connectivity index (χ0v) is 13.2. The Morgan fingerprint density at radius 3 is 2.13 bits per heavy atom. The number of carbonyl (C=O) groups excluding carboxylic acids is 2. The molecule has 0 unspecified atom stereocenters. The molecule has 0 fully saturated rings. The molecule has 0 aromatic heterocycles. The lowest BCUT2D eigenvalue weighted by Gasteiger charge is -2.05. The zero-order valence-electron chi connectivity index (χ0n) is 13.2. The van der Waals surface area contributed by atoms with Gasteiger partial charge in [-0.2, -0.15) is 0 Å². The molecule has 23 heavy (non-hydrogen) atoms. The summed E-state index contributed by atoms with van der Waals surface area (Å²) in [4.78, 5) is 22.9. The van der Waals surface area contributed by atoms with Crippen molar-refractivity contribution in [3.05, 3.63) is 71.3 Å².